The van der Waals surface area contributed by atoms with Gasteiger partial charge in [0.05, 0.1) is 7.11 Å². The van der Waals surface area contributed by atoms with E-state index in [1.165, 1.54) is 0 Å². The predicted molar refractivity (Wildman–Crippen MR) is 112 cm³/mol. The van der Waals surface area contributed by atoms with Gasteiger partial charge in [-0.3, -0.25) is 4.79 Å². The molecule has 0 aliphatic rings. The number of methoxy groups -OCH3 is 1. The predicted octanol–water partition coefficient (Wildman–Crippen LogP) is 3.86. The number of carbonyl (C=O) groups is 1. The van der Waals surface area contributed by atoms with Gasteiger partial charge in [0.25, 0.3) is 5.91 Å². The first-order valence-corrected chi connectivity index (χ1v) is 8.80. The van der Waals surface area contributed by atoms with E-state index in [0.717, 1.165) is 11.5 Å². The van der Waals surface area contributed by atoms with Crippen molar-refractivity contribution in [3.8, 4) is 5.75 Å². The van der Waals surface area contributed by atoms with Gasteiger partial charge in [-0.2, -0.15) is 0 Å². The second kappa shape index (κ2) is 8.39. The Morgan fingerprint density at radius 3 is 2.21 bits per heavy atom. The molecule has 0 radical (unpaired) electrons. The van der Waals surface area contributed by atoms with Crippen molar-refractivity contribution in [3.63, 3.8) is 0 Å². The van der Waals surface area contributed by atoms with Crippen molar-refractivity contribution in [1.82, 2.24) is 9.97 Å². The van der Waals surface area contributed by atoms with E-state index in [0.29, 0.717) is 28.6 Å². The number of nitrogens with zero attached hydrogens (tertiary/aromatic N) is 3. The Balaban J connectivity index is 1.67. The fourth-order valence-corrected chi connectivity index (χ4v) is 2.58. The summed E-state index contributed by atoms with van der Waals surface area (Å²) < 4.78 is 5.11. The van der Waals surface area contributed by atoms with Crippen LogP contribution in [0.3, 0.4) is 0 Å². The van der Waals surface area contributed by atoms with Crippen LogP contribution in [0.5, 0.6) is 5.75 Å². The molecule has 0 saturated carbocycles. The topological polar surface area (TPSA) is 79.4 Å². The summed E-state index contributed by atoms with van der Waals surface area (Å²) in [5.41, 5.74) is 2.14. The molecule has 0 aliphatic heterocycles. The number of benzene rings is 2. The number of aryl methyl sites for hydroxylation is 1. The molecule has 2 N–H and O–H groups in total. The Morgan fingerprint density at radius 2 is 1.61 bits per heavy atom. The standard InChI is InChI=1S/C21H23N5O2/c1-14-22-19(13-20(23-14)26(2)3)24-16-7-9-17(10-8-16)25-21(27)15-5-11-18(28-4)12-6-15/h5-13H,1-4H3,(H,25,27)(H,22,23,24). The van der Waals surface area contributed by atoms with Gasteiger partial charge in [0.2, 0.25) is 0 Å². The molecular weight excluding hydrogens is 354 g/mol. The lowest BCUT2D eigenvalue weighted by atomic mass is 10.2. The van der Waals surface area contributed by atoms with E-state index < -0.39 is 0 Å². The second-order valence-corrected chi connectivity index (χ2v) is 6.44. The minimum Gasteiger partial charge on any atom is -0.497 e. The zero-order chi connectivity index (χ0) is 20.1. The fraction of sp³-hybridized carbons (Fsp3) is 0.190. The molecule has 3 aromatic rings. The number of amides is 1. The van der Waals surface area contributed by atoms with Crippen LogP contribution in [0, 0.1) is 6.92 Å². The van der Waals surface area contributed by atoms with Gasteiger partial charge < -0.3 is 20.3 Å². The number of anilines is 4. The van der Waals surface area contributed by atoms with Crippen LogP contribution in [0.15, 0.2) is 54.6 Å². The van der Waals surface area contributed by atoms with Crippen molar-refractivity contribution < 1.29 is 9.53 Å². The van der Waals surface area contributed by atoms with Crippen molar-refractivity contribution >= 4 is 28.9 Å². The number of rotatable bonds is 6. The van der Waals surface area contributed by atoms with Crippen LogP contribution in [0.1, 0.15) is 16.2 Å². The van der Waals surface area contributed by atoms with Crippen LogP contribution in [0.25, 0.3) is 0 Å². The van der Waals surface area contributed by atoms with E-state index in [2.05, 4.69) is 20.6 Å². The van der Waals surface area contributed by atoms with Gasteiger partial charge in [-0.1, -0.05) is 0 Å². The minimum atomic E-state index is -0.176. The zero-order valence-corrected chi connectivity index (χ0v) is 16.4. The van der Waals surface area contributed by atoms with E-state index in [9.17, 15) is 4.79 Å². The summed E-state index contributed by atoms with van der Waals surface area (Å²) in [6.45, 7) is 1.86. The molecule has 0 aliphatic carbocycles. The Kier molecular flexibility index (Phi) is 5.74. The van der Waals surface area contributed by atoms with Crippen LogP contribution >= 0.6 is 0 Å². The Labute approximate surface area is 164 Å². The molecule has 0 bridgehead atoms. The van der Waals surface area contributed by atoms with Crippen LogP contribution in [0.2, 0.25) is 0 Å². The SMILES string of the molecule is COc1ccc(C(=O)Nc2ccc(Nc3cc(N(C)C)nc(C)n3)cc2)cc1. The molecule has 0 unspecified atom stereocenters. The summed E-state index contributed by atoms with van der Waals surface area (Å²) in [7, 11) is 5.46. The number of ether oxygens (including phenoxy) is 1. The molecule has 1 amide bonds. The van der Waals surface area contributed by atoms with Crippen molar-refractivity contribution in [2.24, 2.45) is 0 Å². The highest BCUT2D eigenvalue weighted by Gasteiger charge is 2.07. The fourth-order valence-electron chi connectivity index (χ4n) is 2.58. The molecule has 7 heteroatoms. The summed E-state index contributed by atoms with van der Waals surface area (Å²) in [6, 6.07) is 16.3. The number of aromatic nitrogens is 2. The van der Waals surface area contributed by atoms with Gasteiger partial charge in [-0.25, -0.2) is 9.97 Å². The Bertz CT molecular complexity index is 954. The van der Waals surface area contributed by atoms with E-state index in [-0.39, 0.29) is 5.91 Å². The summed E-state index contributed by atoms with van der Waals surface area (Å²) in [5.74, 6) is 2.77. The third kappa shape index (κ3) is 4.76. The molecule has 1 heterocycles. The second-order valence-electron chi connectivity index (χ2n) is 6.44. The van der Waals surface area contributed by atoms with Gasteiger partial charge in [0.15, 0.2) is 0 Å². The van der Waals surface area contributed by atoms with Gasteiger partial charge >= 0.3 is 0 Å². The molecule has 0 fully saturated rings. The molecule has 7 nitrogen and oxygen atoms in total. The van der Waals surface area contributed by atoms with Gasteiger partial charge in [-0.05, 0) is 55.5 Å². The molecule has 0 saturated heterocycles. The Hall–Kier alpha value is -3.61. The molecule has 144 valence electrons. The first kappa shape index (κ1) is 19.2. The van der Waals surface area contributed by atoms with Crippen LogP contribution in [-0.4, -0.2) is 37.1 Å². The lowest BCUT2D eigenvalue weighted by Gasteiger charge is -2.14. The van der Waals surface area contributed by atoms with Crippen LogP contribution in [-0.2, 0) is 0 Å². The molecule has 3 rings (SSSR count). The molecule has 1 aromatic heterocycles. The third-order valence-electron chi connectivity index (χ3n) is 4.05. The maximum Gasteiger partial charge on any atom is 0.255 e. The largest absolute Gasteiger partial charge is 0.497 e. The first-order chi connectivity index (χ1) is 13.4. The van der Waals surface area contributed by atoms with E-state index in [4.69, 9.17) is 4.74 Å². The van der Waals surface area contributed by atoms with Crippen LogP contribution in [0.4, 0.5) is 23.0 Å². The number of nitrogens with one attached hydrogen (secondary N) is 2. The molecule has 0 spiro atoms. The van der Waals surface area contributed by atoms with Crippen molar-refractivity contribution in [3.05, 3.63) is 66.0 Å². The maximum atomic E-state index is 12.3. The monoisotopic (exact) mass is 377 g/mol. The highest BCUT2D eigenvalue weighted by atomic mass is 16.5. The van der Waals surface area contributed by atoms with E-state index in [1.54, 1.807) is 31.4 Å². The first-order valence-electron chi connectivity index (χ1n) is 8.80. The van der Waals surface area contributed by atoms with Crippen molar-refractivity contribution in [2.45, 2.75) is 6.92 Å². The maximum absolute atomic E-state index is 12.3. The molecule has 0 atom stereocenters. The average molecular weight is 377 g/mol. The molecule has 28 heavy (non-hydrogen) atoms. The Morgan fingerprint density at radius 1 is 0.964 bits per heavy atom. The highest BCUT2D eigenvalue weighted by Crippen LogP contribution is 2.21. The van der Waals surface area contributed by atoms with Gasteiger partial charge in [0.1, 0.15) is 23.2 Å². The van der Waals surface area contributed by atoms with Gasteiger partial charge in [0, 0.05) is 37.1 Å². The van der Waals surface area contributed by atoms with Gasteiger partial charge in [-0.15, -0.1) is 0 Å². The summed E-state index contributed by atoms with van der Waals surface area (Å²) in [4.78, 5) is 23.1. The summed E-state index contributed by atoms with van der Waals surface area (Å²) in [5, 5.41) is 6.14. The van der Waals surface area contributed by atoms with Crippen molar-refractivity contribution in [2.75, 3.05) is 36.7 Å². The van der Waals surface area contributed by atoms with E-state index >= 15 is 0 Å². The lowest BCUT2D eigenvalue weighted by molar-refractivity contribution is 0.102. The highest BCUT2D eigenvalue weighted by molar-refractivity contribution is 6.04. The normalized spacial score (nSPS) is 10.3. The smallest absolute Gasteiger partial charge is 0.255 e. The third-order valence-corrected chi connectivity index (χ3v) is 4.05. The molecule has 2 aromatic carbocycles. The lowest BCUT2D eigenvalue weighted by Crippen LogP contribution is -2.12. The quantitative estimate of drug-likeness (QED) is 0.679. The number of hydrogen-bond acceptors (Lipinski definition) is 6. The zero-order valence-electron chi connectivity index (χ0n) is 16.4. The van der Waals surface area contributed by atoms with Crippen LogP contribution < -0.4 is 20.3 Å². The number of hydrogen-bond donors (Lipinski definition) is 2. The average Bonchev–Trinajstić information content (AvgIpc) is 2.69. The molecular formula is C21H23N5O2. The summed E-state index contributed by atoms with van der Waals surface area (Å²) >= 11 is 0. The van der Waals surface area contributed by atoms with E-state index in [1.807, 2.05) is 56.3 Å². The number of carbonyl (C=O) groups excluding carboxylic acids is 1. The minimum absolute atomic E-state index is 0.176. The van der Waals surface area contributed by atoms with Crippen molar-refractivity contribution in [1.29, 1.82) is 0 Å². The summed E-state index contributed by atoms with van der Waals surface area (Å²) in [6.07, 6.45) is 0.